The summed E-state index contributed by atoms with van der Waals surface area (Å²) in [6.07, 6.45) is 2.30. The summed E-state index contributed by atoms with van der Waals surface area (Å²) in [4.78, 5) is 11.0. The third kappa shape index (κ3) is 3.41. The van der Waals surface area contributed by atoms with E-state index in [1.54, 1.807) is 18.3 Å². The van der Waals surface area contributed by atoms with Crippen molar-refractivity contribution in [2.45, 2.75) is 6.42 Å². The third-order valence-corrected chi connectivity index (χ3v) is 2.32. The van der Waals surface area contributed by atoms with Crippen LogP contribution in [0.4, 0.5) is 10.1 Å². The van der Waals surface area contributed by atoms with Crippen LogP contribution in [0.25, 0.3) is 0 Å². The van der Waals surface area contributed by atoms with Crippen LogP contribution in [0.2, 0.25) is 0 Å². The fraction of sp³-hybridized carbons (Fsp3) is 0.167. The highest BCUT2D eigenvalue weighted by Gasteiger charge is 1.96. The van der Waals surface area contributed by atoms with Crippen LogP contribution in [0.5, 0.6) is 0 Å². The van der Waals surface area contributed by atoms with Crippen LogP contribution in [0.1, 0.15) is 5.56 Å². The predicted molar refractivity (Wildman–Crippen MR) is 63.5 cm³/mol. The summed E-state index contributed by atoms with van der Waals surface area (Å²) in [7, 11) is 0. The molecule has 5 heteroatoms. The smallest absolute Gasteiger partial charge is 0.266 e. The van der Waals surface area contributed by atoms with Gasteiger partial charge in [-0.25, -0.2) is 9.49 Å². The number of hydrogen-bond acceptors (Lipinski definition) is 3. The highest BCUT2D eigenvalue weighted by molar-refractivity contribution is 5.38. The molecule has 0 bridgehead atoms. The van der Waals surface area contributed by atoms with Gasteiger partial charge in [0.2, 0.25) is 0 Å². The van der Waals surface area contributed by atoms with Crippen molar-refractivity contribution in [2.24, 2.45) is 0 Å². The maximum Gasteiger partial charge on any atom is 0.266 e. The van der Waals surface area contributed by atoms with E-state index in [0.29, 0.717) is 12.2 Å². The fourth-order valence-electron chi connectivity index (χ4n) is 1.48. The van der Waals surface area contributed by atoms with E-state index in [-0.39, 0.29) is 11.4 Å². The van der Waals surface area contributed by atoms with Gasteiger partial charge in [-0.05, 0) is 24.1 Å². The van der Waals surface area contributed by atoms with E-state index < -0.39 is 0 Å². The van der Waals surface area contributed by atoms with Gasteiger partial charge < -0.3 is 5.32 Å². The Morgan fingerprint density at radius 3 is 2.76 bits per heavy atom. The van der Waals surface area contributed by atoms with E-state index in [0.717, 1.165) is 12.0 Å². The average Bonchev–Trinajstić information content (AvgIpc) is 2.32. The molecule has 0 aliphatic heterocycles. The second-order valence-electron chi connectivity index (χ2n) is 3.64. The van der Waals surface area contributed by atoms with Gasteiger partial charge in [0.05, 0.1) is 11.9 Å². The quantitative estimate of drug-likeness (QED) is 0.842. The number of nitrogens with zero attached hydrogens (tertiary/aromatic N) is 1. The lowest BCUT2D eigenvalue weighted by Crippen LogP contribution is -2.11. The zero-order valence-electron chi connectivity index (χ0n) is 9.11. The minimum Gasteiger partial charge on any atom is -0.383 e. The SMILES string of the molecule is O=c1cc(NCCc2ccc(F)cc2)cn[nH]1. The van der Waals surface area contributed by atoms with Crippen molar-refractivity contribution in [3.63, 3.8) is 0 Å². The molecule has 88 valence electrons. The Morgan fingerprint density at radius 2 is 2.06 bits per heavy atom. The van der Waals surface area contributed by atoms with Gasteiger partial charge in [-0.1, -0.05) is 12.1 Å². The molecule has 1 aromatic heterocycles. The second-order valence-corrected chi connectivity index (χ2v) is 3.64. The van der Waals surface area contributed by atoms with Gasteiger partial charge in [-0.15, -0.1) is 0 Å². The van der Waals surface area contributed by atoms with Crippen molar-refractivity contribution in [1.82, 2.24) is 10.2 Å². The first-order chi connectivity index (χ1) is 8.24. The van der Waals surface area contributed by atoms with Crippen LogP contribution in [0, 0.1) is 5.82 Å². The average molecular weight is 233 g/mol. The normalized spacial score (nSPS) is 10.2. The number of aromatic nitrogens is 2. The van der Waals surface area contributed by atoms with Crippen molar-refractivity contribution in [3.05, 3.63) is 58.3 Å². The molecule has 1 heterocycles. The highest BCUT2D eigenvalue weighted by Crippen LogP contribution is 2.04. The van der Waals surface area contributed by atoms with Crippen LogP contribution in [0.15, 0.2) is 41.3 Å². The molecule has 0 aliphatic rings. The minimum absolute atomic E-state index is 0.236. The second kappa shape index (κ2) is 5.25. The molecule has 0 radical (unpaired) electrons. The lowest BCUT2D eigenvalue weighted by atomic mass is 10.1. The zero-order chi connectivity index (χ0) is 12.1. The van der Waals surface area contributed by atoms with Crippen molar-refractivity contribution < 1.29 is 4.39 Å². The van der Waals surface area contributed by atoms with Crippen LogP contribution in [-0.4, -0.2) is 16.7 Å². The first-order valence-electron chi connectivity index (χ1n) is 5.27. The van der Waals surface area contributed by atoms with Gasteiger partial charge in [0.1, 0.15) is 5.82 Å². The maximum absolute atomic E-state index is 12.7. The summed E-state index contributed by atoms with van der Waals surface area (Å²) in [5.74, 6) is -0.236. The summed E-state index contributed by atoms with van der Waals surface area (Å²) in [6, 6.07) is 7.80. The van der Waals surface area contributed by atoms with Gasteiger partial charge >= 0.3 is 0 Å². The number of aromatic amines is 1. The van der Waals surface area contributed by atoms with Gasteiger partial charge in [0, 0.05) is 12.6 Å². The van der Waals surface area contributed by atoms with Gasteiger partial charge in [0.25, 0.3) is 5.56 Å². The topological polar surface area (TPSA) is 57.8 Å². The molecule has 2 N–H and O–H groups in total. The van der Waals surface area contributed by atoms with E-state index in [1.807, 2.05) is 0 Å². The summed E-state index contributed by atoms with van der Waals surface area (Å²) < 4.78 is 12.7. The number of hydrogen-bond donors (Lipinski definition) is 2. The molecule has 0 aliphatic carbocycles. The molecular formula is C12H12FN3O. The van der Waals surface area contributed by atoms with E-state index >= 15 is 0 Å². The van der Waals surface area contributed by atoms with E-state index in [2.05, 4.69) is 15.5 Å². The molecule has 0 saturated carbocycles. The number of halogens is 1. The molecule has 0 saturated heterocycles. The van der Waals surface area contributed by atoms with Gasteiger partial charge in [-0.2, -0.15) is 5.10 Å². The van der Waals surface area contributed by atoms with Crippen LogP contribution in [-0.2, 0) is 6.42 Å². The Bertz CT molecular complexity index is 536. The molecule has 0 atom stereocenters. The lowest BCUT2D eigenvalue weighted by molar-refractivity contribution is 0.627. The monoisotopic (exact) mass is 233 g/mol. The molecular weight excluding hydrogens is 221 g/mol. The Kier molecular flexibility index (Phi) is 3.49. The van der Waals surface area contributed by atoms with Gasteiger partial charge in [-0.3, -0.25) is 4.79 Å². The van der Waals surface area contributed by atoms with Crippen molar-refractivity contribution >= 4 is 5.69 Å². The summed E-state index contributed by atoms with van der Waals surface area (Å²) >= 11 is 0. The molecule has 4 nitrogen and oxygen atoms in total. The largest absolute Gasteiger partial charge is 0.383 e. The predicted octanol–water partition coefficient (Wildman–Crippen LogP) is 1.56. The standard InChI is InChI=1S/C12H12FN3O/c13-10-3-1-9(2-4-10)5-6-14-11-7-12(17)16-15-8-11/h1-4,7-8H,5-6H2,(H2,14,16,17). The summed E-state index contributed by atoms with van der Waals surface area (Å²) in [6.45, 7) is 0.663. The molecule has 1 aromatic carbocycles. The molecule has 17 heavy (non-hydrogen) atoms. The molecule has 0 fully saturated rings. The zero-order valence-corrected chi connectivity index (χ0v) is 9.11. The van der Waals surface area contributed by atoms with Crippen molar-refractivity contribution in [2.75, 3.05) is 11.9 Å². The van der Waals surface area contributed by atoms with Crippen LogP contribution >= 0.6 is 0 Å². The summed E-state index contributed by atoms with van der Waals surface area (Å²) in [5, 5.41) is 9.04. The number of H-pyrrole nitrogens is 1. The number of benzene rings is 1. The van der Waals surface area contributed by atoms with E-state index in [1.165, 1.54) is 18.2 Å². The molecule has 2 rings (SSSR count). The molecule has 0 amide bonds. The lowest BCUT2D eigenvalue weighted by Gasteiger charge is -2.05. The van der Waals surface area contributed by atoms with Crippen LogP contribution < -0.4 is 10.9 Å². The molecule has 0 unspecified atom stereocenters. The number of nitrogens with one attached hydrogen (secondary N) is 2. The molecule has 2 aromatic rings. The third-order valence-electron chi connectivity index (χ3n) is 2.32. The van der Waals surface area contributed by atoms with Gasteiger partial charge in [0.15, 0.2) is 0 Å². The minimum atomic E-state index is -0.239. The Labute approximate surface area is 97.5 Å². The van der Waals surface area contributed by atoms with Crippen molar-refractivity contribution in [1.29, 1.82) is 0 Å². The van der Waals surface area contributed by atoms with Crippen molar-refractivity contribution in [3.8, 4) is 0 Å². The van der Waals surface area contributed by atoms with E-state index in [4.69, 9.17) is 0 Å². The Morgan fingerprint density at radius 1 is 1.29 bits per heavy atom. The summed E-state index contributed by atoms with van der Waals surface area (Å²) in [5.41, 5.74) is 1.48. The highest BCUT2D eigenvalue weighted by atomic mass is 19.1. The first kappa shape index (κ1) is 11.3. The Balaban J connectivity index is 1.87. The fourth-order valence-corrected chi connectivity index (χ4v) is 1.48. The van der Waals surface area contributed by atoms with E-state index in [9.17, 15) is 9.18 Å². The molecule has 0 spiro atoms. The van der Waals surface area contributed by atoms with Crippen LogP contribution in [0.3, 0.4) is 0 Å². The Hall–Kier alpha value is -2.17. The number of anilines is 1. The maximum atomic E-state index is 12.7. The number of rotatable bonds is 4. The first-order valence-corrected chi connectivity index (χ1v) is 5.27.